The second-order valence-corrected chi connectivity index (χ2v) is 6.27. The van der Waals surface area contributed by atoms with Crippen LogP contribution in [0.2, 0.25) is 0 Å². The summed E-state index contributed by atoms with van der Waals surface area (Å²) in [4.78, 5) is 28.2. The molecule has 0 N–H and O–H groups in total. The van der Waals surface area contributed by atoms with E-state index in [4.69, 9.17) is 0 Å². The van der Waals surface area contributed by atoms with Gasteiger partial charge in [0, 0.05) is 52.0 Å². The molecule has 130 valence electrons. The van der Waals surface area contributed by atoms with E-state index < -0.39 is 0 Å². The van der Waals surface area contributed by atoms with Crippen molar-refractivity contribution in [1.29, 1.82) is 0 Å². The number of benzene rings is 1. The second kappa shape index (κ2) is 7.94. The number of carbonyl (C=O) groups is 1. The molecule has 2 aromatic rings. The van der Waals surface area contributed by atoms with Crippen LogP contribution in [0.3, 0.4) is 0 Å². The van der Waals surface area contributed by atoms with Gasteiger partial charge < -0.3 is 9.47 Å². The maximum absolute atomic E-state index is 12.5. The molecule has 2 heterocycles. The molecule has 0 bridgehead atoms. The Morgan fingerprint density at radius 1 is 1.04 bits per heavy atom. The Hall–Kier alpha value is -2.66. The summed E-state index contributed by atoms with van der Waals surface area (Å²) >= 11 is 0. The zero-order chi connectivity index (χ0) is 17.6. The predicted molar refractivity (Wildman–Crippen MR) is 99.5 cm³/mol. The van der Waals surface area contributed by atoms with E-state index in [0.717, 1.165) is 19.6 Å². The second-order valence-electron chi connectivity index (χ2n) is 6.27. The molecule has 5 heteroatoms. The van der Waals surface area contributed by atoms with Crippen LogP contribution in [0.5, 0.6) is 0 Å². The van der Waals surface area contributed by atoms with Gasteiger partial charge in [-0.15, -0.1) is 0 Å². The van der Waals surface area contributed by atoms with Crippen molar-refractivity contribution < 1.29 is 4.79 Å². The van der Waals surface area contributed by atoms with Crippen molar-refractivity contribution in [2.45, 2.75) is 0 Å². The summed E-state index contributed by atoms with van der Waals surface area (Å²) in [5.41, 5.74) is 1.66. The predicted octanol–water partition coefficient (Wildman–Crippen LogP) is 1.86. The largest absolute Gasteiger partial charge is 0.336 e. The first-order chi connectivity index (χ1) is 12.1. The molecular formula is C20H23N3O2. The summed E-state index contributed by atoms with van der Waals surface area (Å²) in [5.74, 6) is -0.00456. The number of amides is 1. The zero-order valence-corrected chi connectivity index (χ0v) is 14.5. The fourth-order valence-electron chi connectivity index (χ4n) is 2.94. The lowest BCUT2D eigenvalue weighted by molar-refractivity contribution is 0.0649. The molecule has 0 radical (unpaired) electrons. The molecule has 0 spiro atoms. The lowest BCUT2D eigenvalue weighted by atomic mass is 10.2. The van der Waals surface area contributed by atoms with E-state index in [1.54, 1.807) is 19.3 Å². The number of pyridine rings is 1. The minimum absolute atomic E-state index is 0.00456. The van der Waals surface area contributed by atoms with Gasteiger partial charge in [0.05, 0.1) is 5.56 Å². The van der Waals surface area contributed by atoms with Crippen LogP contribution >= 0.6 is 0 Å². The number of aromatic nitrogens is 1. The molecule has 0 unspecified atom stereocenters. The molecule has 1 fully saturated rings. The van der Waals surface area contributed by atoms with Crippen molar-refractivity contribution in [3.8, 4) is 0 Å². The minimum atomic E-state index is -0.105. The Bertz CT molecular complexity index is 803. The normalized spacial score (nSPS) is 15.6. The van der Waals surface area contributed by atoms with E-state index in [0.29, 0.717) is 18.7 Å². The number of aryl methyl sites for hydroxylation is 1. The van der Waals surface area contributed by atoms with Crippen LogP contribution in [0, 0.1) is 0 Å². The Balaban J connectivity index is 1.51. The third-order valence-corrected chi connectivity index (χ3v) is 4.47. The van der Waals surface area contributed by atoms with Crippen LogP contribution in [0.4, 0.5) is 0 Å². The molecule has 1 aromatic heterocycles. The summed E-state index contributed by atoms with van der Waals surface area (Å²) in [5, 5.41) is 0. The summed E-state index contributed by atoms with van der Waals surface area (Å²) in [7, 11) is 1.66. The van der Waals surface area contributed by atoms with Crippen molar-refractivity contribution >= 4 is 12.0 Å². The van der Waals surface area contributed by atoms with Gasteiger partial charge in [-0.25, -0.2) is 0 Å². The van der Waals surface area contributed by atoms with Crippen LogP contribution in [0.15, 0.2) is 59.5 Å². The SMILES string of the molecule is Cn1cc(C(=O)N2CCN(C/C=C/c3ccccc3)CC2)ccc1=O. The van der Waals surface area contributed by atoms with Crippen molar-refractivity contribution in [3.63, 3.8) is 0 Å². The summed E-state index contributed by atoms with van der Waals surface area (Å²) < 4.78 is 1.44. The van der Waals surface area contributed by atoms with Crippen molar-refractivity contribution in [2.75, 3.05) is 32.7 Å². The first kappa shape index (κ1) is 17.2. The molecule has 1 amide bonds. The Kier molecular flexibility index (Phi) is 5.46. The third kappa shape index (κ3) is 4.45. The average Bonchev–Trinajstić information content (AvgIpc) is 2.65. The number of carbonyl (C=O) groups excluding carboxylic acids is 1. The fourth-order valence-corrected chi connectivity index (χ4v) is 2.94. The number of nitrogens with zero attached hydrogens (tertiary/aromatic N) is 3. The van der Waals surface area contributed by atoms with Crippen molar-refractivity contribution in [1.82, 2.24) is 14.4 Å². The molecule has 0 saturated carbocycles. The molecule has 1 aromatic carbocycles. The van der Waals surface area contributed by atoms with Gasteiger partial charge in [0.15, 0.2) is 0 Å². The van der Waals surface area contributed by atoms with Crippen LogP contribution in [0.1, 0.15) is 15.9 Å². The Morgan fingerprint density at radius 3 is 2.44 bits per heavy atom. The zero-order valence-electron chi connectivity index (χ0n) is 14.5. The van der Waals surface area contributed by atoms with Gasteiger partial charge in [-0.1, -0.05) is 42.5 Å². The number of hydrogen-bond acceptors (Lipinski definition) is 3. The van der Waals surface area contributed by atoms with E-state index >= 15 is 0 Å². The molecule has 25 heavy (non-hydrogen) atoms. The Morgan fingerprint density at radius 2 is 1.76 bits per heavy atom. The van der Waals surface area contributed by atoms with Gasteiger partial charge in [0.2, 0.25) is 5.56 Å². The van der Waals surface area contributed by atoms with Crippen molar-refractivity contribution in [3.05, 3.63) is 76.2 Å². The lowest BCUT2D eigenvalue weighted by Gasteiger charge is -2.34. The molecule has 5 nitrogen and oxygen atoms in total. The maximum atomic E-state index is 12.5. The van der Waals surface area contributed by atoms with Gasteiger partial charge in [-0.3, -0.25) is 14.5 Å². The van der Waals surface area contributed by atoms with Gasteiger partial charge >= 0.3 is 0 Å². The van der Waals surface area contributed by atoms with Crippen LogP contribution in [-0.2, 0) is 7.05 Å². The molecule has 1 aliphatic heterocycles. The van der Waals surface area contributed by atoms with Gasteiger partial charge in [-0.2, -0.15) is 0 Å². The molecule has 1 saturated heterocycles. The fraction of sp³-hybridized carbons (Fsp3) is 0.300. The average molecular weight is 337 g/mol. The summed E-state index contributed by atoms with van der Waals surface area (Å²) in [6.45, 7) is 4.02. The van der Waals surface area contributed by atoms with Gasteiger partial charge in [0.1, 0.15) is 0 Å². The molecule has 1 aliphatic rings. The van der Waals surface area contributed by atoms with Crippen LogP contribution in [0.25, 0.3) is 6.08 Å². The number of rotatable bonds is 4. The van der Waals surface area contributed by atoms with E-state index in [1.165, 1.54) is 16.2 Å². The Labute approximate surface area is 147 Å². The monoisotopic (exact) mass is 337 g/mol. The molecule has 0 aliphatic carbocycles. The highest BCUT2D eigenvalue weighted by atomic mass is 16.2. The highest BCUT2D eigenvalue weighted by molar-refractivity contribution is 5.94. The van der Waals surface area contributed by atoms with Crippen LogP contribution < -0.4 is 5.56 Å². The van der Waals surface area contributed by atoms with E-state index in [-0.39, 0.29) is 11.5 Å². The van der Waals surface area contributed by atoms with E-state index in [2.05, 4.69) is 29.2 Å². The molecule has 3 rings (SSSR count). The first-order valence-electron chi connectivity index (χ1n) is 8.53. The van der Waals surface area contributed by atoms with E-state index in [1.807, 2.05) is 23.1 Å². The number of hydrogen-bond donors (Lipinski definition) is 0. The summed E-state index contributed by atoms with van der Waals surface area (Å²) in [6.07, 6.45) is 5.90. The van der Waals surface area contributed by atoms with Crippen LogP contribution in [-0.4, -0.2) is 53.0 Å². The topological polar surface area (TPSA) is 45.6 Å². The highest BCUT2D eigenvalue weighted by Gasteiger charge is 2.21. The minimum Gasteiger partial charge on any atom is -0.336 e. The third-order valence-electron chi connectivity index (χ3n) is 4.47. The van der Waals surface area contributed by atoms with E-state index in [9.17, 15) is 9.59 Å². The number of piperazine rings is 1. The lowest BCUT2D eigenvalue weighted by Crippen LogP contribution is -2.48. The molecule has 0 atom stereocenters. The highest BCUT2D eigenvalue weighted by Crippen LogP contribution is 2.08. The summed E-state index contributed by atoms with van der Waals surface area (Å²) in [6, 6.07) is 13.3. The smallest absolute Gasteiger partial charge is 0.255 e. The van der Waals surface area contributed by atoms with Gasteiger partial charge in [-0.05, 0) is 11.6 Å². The molecular weight excluding hydrogens is 314 g/mol. The maximum Gasteiger partial charge on any atom is 0.255 e. The quantitative estimate of drug-likeness (QED) is 0.855. The first-order valence-corrected chi connectivity index (χ1v) is 8.53. The van der Waals surface area contributed by atoms with Crippen molar-refractivity contribution in [2.24, 2.45) is 7.05 Å². The standard InChI is InChI=1S/C20H23N3O2/c1-21-16-18(9-10-19(21)24)20(25)23-14-12-22(13-15-23)11-5-8-17-6-3-2-4-7-17/h2-10,16H,11-15H2,1H3/b8-5+. The van der Waals surface area contributed by atoms with Gasteiger partial charge in [0.25, 0.3) is 5.91 Å².